The van der Waals surface area contributed by atoms with Gasteiger partial charge in [-0.2, -0.15) is 0 Å². The van der Waals surface area contributed by atoms with E-state index in [1.807, 2.05) is 29.6 Å². The molecule has 0 aliphatic carbocycles. The number of rotatable bonds is 6. The number of halogens is 1. The Bertz CT molecular complexity index is 819. The van der Waals surface area contributed by atoms with E-state index in [-0.39, 0.29) is 30.1 Å². The molecule has 0 bridgehead atoms. The Labute approximate surface area is 159 Å². The number of ether oxygens (including phenoxy) is 1. The zero-order chi connectivity index (χ0) is 17.9. The lowest BCUT2D eigenvalue weighted by atomic mass is 10.2. The van der Waals surface area contributed by atoms with E-state index < -0.39 is 9.84 Å². The van der Waals surface area contributed by atoms with Crippen molar-refractivity contribution in [2.24, 2.45) is 0 Å². The summed E-state index contributed by atoms with van der Waals surface area (Å²) in [5.41, 5.74) is 0. The molecule has 1 saturated heterocycles. The molecule has 2 heterocycles. The second-order valence-electron chi connectivity index (χ2n) is 5.90. The van der Waals surface area contributed by atoms with Gasteiger partial charge in [-0.05, 0) is 42.1 Å². The van der Waals surface area contributed by atoms with E-state index in [1.54, 1.807) is 28.4 Å². The number of hydrogen-bond acceptors (Lipinski definition) is 5. The molecule has 1 aromatic heterocycles. The number of hydrogen-bond donors (Lipinski definition) is 0. The Kier molecular flexibility index (Phi) is 5.81. The van der Waals surface area contributed by atoms with Gasteiger partial charge in [0.25, 0.3) is 5.91 Å². The second kappa shape index (κ2) is 7.88. The number of amides is 1. The molecule has 0 unspecified atom stereocenters. The van der Waals surface area contributed by atoms with Crippen LogP contribution in [0.1, 0.15) is 11.3 Å². The molecule has 0 saturated carbocycles. The first-order valence-electron chi connectivity index (χ1n) is 7.83. The average molecular weight is 444 g/mol. The molecule has 1 aliphatic rings. The monoisotopic (exact) mass is 443 g/mol. The Morgan fingerprint density at radius 1 is 1.28 bits per heavy atom. The van der Waals surface area contributed by atoms with Crippen LogP contribution in [0, 0.1) is 0 Å². The first-order chi connectivity index (χ1) is 11.9. The standard InChI is InChI=1S/C17H18BrNO4S2/c18-13-3-5-15(6-4-13)23-11-17(20)19(10-16-2-1-8-24-16)14-7-9-25(21,22)12-14/h1-6,8,14H,7,9-12H2/t14-/m0/s1. The highest BCUT2D eigenvalue weighted by atomic mass is 79.9. The molecule has 1 aliphatic heterocycles. The highest BCUT2D eigenvalue weighted by molar-refractivity contribution is 9.10. The lowest BCUT2D eigenvalue weighted by Gasteiger charge is -2.27. The number of benzene rings is 1. The third kappa shape index (κ3) is 5.05. The number of sulfone groups is 1. The van der Waals surface area contributed by atoms with Crippen LogP contribution >= 0.6 is 27.3 Å². The molecule has 1 atom stereocenters. The lowest BCUT2D eigenvalue weighted by Crippen LogP contribution is -2.42. The predicted octanol–water partition coefficient (Wildman–Crippen LogP) is 3.11. The minimum atomic E-state index is -3.06. The summed E-state index contributed by atoms with van der Waals surface area (Å²) in [5, 5.41) is 1.95. The molecule has 134 valence electrons. The molecule has 0 N–H and O–H groups in total. The fourth-order valence-electron chi connectivity index (χ4n) is 2.77. The third-order valence-electron chi connectivity index (χ3n) is 4.05. The van der Waals surface area contributed by atoms with Crippen LogP contribution in [0.25, 0.3) is 0 Å². The van der Waals surface area contributed by atoms with E-state index in [1.165, 1.54) is 0 Å². The molecular formula is C17H18BrNO4S2. The zero-order valence-electron chi connectivity index (χ0n) is 13.4. The summed E-state index contributed by atoms with van der Waals surface area (Å²) in [4.78, 5) is 15.4. The maximum Gasteiger partial charge on any atom is 0.261 e. The molecule has 1 fully saturated rings. The smallest absolute Gasteiger partial charge is 0.261 e. The van der Waals surface area contributed by atoms with Crippen molar-refractivity contribution in [2.75, 3.05) is 18.1 Å². The fourth-order valence-corrected chi connectivity index (χ4v) is 5.47. The van der Waals surface area contributed by atoms with Gasteiger partial charge in [-0.3, -0.25) is 4.79 Å². The number of nitrogens with zero attached hydrogens (tertiary/aromatic N) is 1. The Balaban J connectivity index is 1.69. The summed E-state index contributed by atoms with van der Waals surface area (Å²) < 4.78 is 30.1. The number of carbonyl (C=O) groups is 1. The van der Waals surface area contributed by atoms with Crippen molar-refractivity contribution in [3.63, 3.8) is 0 Å². The van der Waals surface area contributed by atoms with Crippen LogP contribution in [0.4, 0.5) is 0 Å². The highest BCUT2D eigenvalue weighted by Gasteiger charge is 2.34. The van der Waals surface area contributed by atoms with E-state index in [0.29, 0.717) is 18.7 Å². The van der Waals surface area contributed by atoms with Crippen LogP contribution in [-0.4, -0.2) is 43.4 Å². The minimum absolute atomic E-state index is 0.0302. The highest BCUT2D eigenvalue weighted by Crippen LogP contribution is 2.22. The van der Waals surface area contributed by atoms with Gasteiger partial charge in [0, 0.05) is 15.4 Å². The summed E-state index contributed by atoms with van der Waals surface area (Å²) in [6.45, 7) is 0.309. The SMILES string of the molecule is O=C(COc1ccc(Br)cc1)N(Cc1cccs1)[C@H]1CCS(=O)(=O)C1. The first-order valence-corrected chi connectivity index (χ1v) is 11.3. The lowest BCUT2D eigenvalue weighted by molar-refractivity contribution is -0.135. The molecular weight excluding hydrogens is 426 g/mol. The number of thiophene rings is 1. The van der Waals surface area contributed by atoms with E-state index >= 15 is 0 Å². The van der Waals surface area contributed by atoms with Crippen molar-refractivity contribution in [1.82, 2.24) is 4.90 Å². The van der Waals surface area contributed by atoms with Gasteiger partial charge in [-0.1, -0.05) is 22.0 Å². The second-order valence-corrected chi connectivity index (χ2v) is 10.1. The van der Waals surface area contributed by atoms with Crippen molar-refractivity contribution >= 4 is 43.0 Å². The Morgan fingerprint density at radius 2 is 2.04 bits per heavy atom. The quantitative estimate of drug-likeness (QED) is 0.687. The maximum absolute atomic E-state index is 12.7. The maximum atomic E-state index is 12.7. The van der Waals surface area contributed by atoms with E-state index in [0.717, 1.165) is 9.35 Å². The summed E-state index contributed by atoms with van der Waals surface area (Å²) >= 11 is 4.90. The Morgan fingerprint density at radius 3 is 2.64 bits per heavy atom. The van der Waals surface area contributed by atoms with Crippen molar-refractivity contribution < 1.29 is 17.9 Å². The molecule has 1 aromatic carbocycles. The van der Waals surface area contributed by atoms with Crippen LogP contribution < -0.4 is 4.74 Å². The third-order valence-corrected chi connectivity index (χ3v) is 7.19. The van der Waals surface area contributed by atoms with Gasteiger partial charge in [0.05, 0.1) is 18.1 Å². The van der Waals surface area contributed by atoms with Gasteiger partial charge >= 0.3 is 0 Å². The van der Waals surface area contributed by atoms with Crippen molar-refractivity contribution in [3.8, 4) is 5.75 Å². The molecule has 5 nitrogen and oxygen atoms in total. The summed E-state index contributed by atoms with van der Waals surface area (Å²) in [6, 6.07) is 10.8. The normalized spacial score (nSPS) is 18.8. The van der Waals surface area contributed by atoms with Crippen molar-refractivity contribution in [3.05, 3.63) is 51.1 Å². The van der Waals surface area contributed by atoms with E-state index in [4.69, 9.17) is 4.74 Å². The molecule has 0 spiro atoms. The average Bonchev–Trinajstić information content (AvgIpc) is 3.21. The van der Waals surface area contributed by atoms with Gasteiger partial charge in [0.2, 0.25) is 0 Å². The van der Waals surface area contributed by atoms with Gasteiger partial charge in [0.15, 0.2) is 16.4 Å². The summed E-state index contributed by atoms with van der Waals surface area (Å²) in [5.74, 6) is 0.576. The minimum Gasteiger partial charge on any atom is -0.484 e. The predicted molar refractivity (Wildman–Crippen MR) is 102 cm³/mol. The van der Waals surface area contributed by atoms with Gasteiger partial charge in [-0.25, -0.2) is 8.42 Å². The largest absolute Gasteiger partial charge is 0.484 e. The molecule has 1 amide bonds. The van der Waals surface area contributed by atoms with Crippen molar-refractivity contribution in [1.29, 1.82) is 0 Å². The summed E-state index contributed by atoms with van der Waals surface area (Å²) in [7, 11) is -3.06. The number of carbonyl (C=O) groups excluding carboxylic acids is 1. The van der Waals surface area contributed by atoms with Gasteiger partial charge in [0.1, 0.15) is 5.75 Å². The summed E-state index contributed by atoms with van der Waals surface area (Å²) in [6.07, 6.45) is 0.484. The van der Waals surface area contributed by atoms with Gasteiger partial charge < -0.3 is 9.64 Å². The molecule has 2 aromatic rings. The fraction of sp³-hybridized carbons (Fsp3) is 0.353. The zero-order valence-corrected chi connectivity index (χ0v) is 16.6. The topological polar surface area (TPSA) is 63.7 Å². The molecule has 8 heteroatoms. The van der Waals surface area contributed by atoms with Crippen LogP contribution in [0.5, 0.6) is 5.75 Å². The van der Waals surface area contributed by atoms with Crippen LogP contribution in [0.15, 0.2) is 46.3 Å². The molecule has 0 radical (unpaired) electrons. The van der Waals surface area contributed by atoms with E-state index in [2.05, 4.69) is 15.9 Å². The molecule has 3 rings (SSSR count). The molecule has 25 heavy (non-hydrogen) atoms. The van der Waals surface area contributed by atoms with Crippen molar-refractivity contribution in [2.45, 2.75) is 19.0 Å². The van der Waals surface area contributed by atoms with E-state index in [9.17, 15) is 13.2 Å². The first kappa shape index (κ1) is 18.4. The van der Waals surface area contributed by atoms with Crippen LogP contribution in [-0.2, 0) is 21.2 Å². The Hall–Kier alpha value is -1.38. The van der Waals surface area contributed by atoms with Gasteiger partial charge in [-0.15, -0.1) is 11.3 Å². The van der Waals surface area contributed by atoms with Crippen LogP contribution in [0.3, 0.4) is 0 Å². The van der Waals surface area contributed by atoms with Crippen LogP contribution in [0.2, 0.25) is 0 Å².